The van der Waals surface area contributed by atoms with Crippen LogP contribution in [-0.4, -0.2) is 31.6 Å². The number of aliphatic carboxylic acids is 1. The number of piperidine rings is 1. The molecule has 20 heavy (non-hydrogen) atoms. The normalized spacial score (nSPS) is 23.6. The van der Waals surface area contributed by atoms with Crippen molar-refractivity contribution in [2.45, 2.75) is 36.6 Å². The molecule has 0 spiro atoms. The van der Waals surface area contributed by atoms with E-state index in [0.29, 0.717) is 18.7 Å². The Bertz CT molecular complexity index is 629. The zero-order valence-corrected chi connectivity index (χ0v) is 12.1. The summed E-state index contributed by atoms with van der Waals surface area (Å²) >= 11 is 0. The van der Waals surface area contributed by atoms with E-state index in [0.717, 1.165) is 12.8 Å². The summed E-state index contributed by atoms with van der Waals surface area (Å²) in [5.74, 6) is -0.957. The van der Waals surface area contributed by atoms with Crippen molar-refractivity contribution in [3.05, 3.63) is 24.3 Å². The molecule has 1 unspecified atom stereocenters. The molecule has 1 saturated heterocycles. The summed E-state index contributed by atoms with van der Waals surface area (Å²) < 4.78 is 23.4. The molecule has 2 rings (SSSR count). The van der Waals surface area contributed by atoms with Crippen LogP contribution < -0.4 is 10.0 Å². The van der Waals surface area contributed by atoms with Crippen LogP contribution in [0, 0.1) is 0 Å². The van der Waals surface area contributed by atoms with Crippen molar-refractivity contribution in [3.63, 3.8) is 0 Å². The van der Waals surface area contributed by atoms with Gasteiger partial charge in [0, 0.05) is 6.54 Å². The monoisotopic (exact) mass is 298 g/mol. The molecule has 1 atom stereocenters. The van der Waals surface area contributed by atoms with Crippen LogP contribution in [0.15, 0.2) is 29.2 Å². The number of carboxylic acids is 1. The number of carboxylic acid groups (broad SMARTS) is 1. The van der Waals surface area contributed by atoms with Gasteiger partial charge in [-0.1, -0.05) is 12.1 Å². The van der Waals surface area contributed by atoms with E-state index >= 15 is 0 Å². The first-order valence-corrected chi connectivity index (χ1v) is 7.94. The van der Waals surface area contributed by atoms with Crippen molar-refractivity contribution < 1.29 is 18.3 Å². The molecule has 3 N–H and O–H groups in total. The Hall–Kier alpha value is -1.60. The average molecular weight is 298 g/mol. The second-order valence-electron chi connectivity index (χ2n) is 5.20. The van der Waals surface area contributed by atoms with Gasteiger partial charge in [0.2, 0.25) is 10.0 Å². The minimum Gasteiger partial charge on any atom is -0.480 e. The topological polar surface area (TPSA) is 101 Å². The van der Waals surface area contributed by atoms with Crippen molar-refractivity contribution in [3.8, 4) is 0 Å². The number of sulfonamides is 1. The molecule has 0 radical (unpaired) electrons. The van der Waals surface area contributed by atoms with E-state index < -0.39 is 21.5 Å². The van der Waals surface area contributed by atoms with Crippen LogP contribution >= 0.6 is 0 Å². The second kappa shape index (κ2) is 5.06. The molecular formula is C13H18N2O4S. The number of para-hydroxylation sites is 1. The number of carbonyl (C=O) groups is 1. The smallest absolute Gasteiger partial charge is 0.329 e. The fourth-order valence-electron chi connectivity index (χ4n) is 2.65. The third-order valence-corrected chi connectivity index (χ3v) is 4.77. The molecule has 1 aromatic rings. The number of hydrogen-bond acceptors (Lipinski definition) is 4. The van der Waals surface area contributed by atoms with Crippen molar-refractivity contribution in [1.29, 1.82) is 0 Å². The van der Waals surface area contributed by atoms with Gasteiger partial charge in [-0.15, -0.1) is 0 Å². The first-order chi connectivity index (χ1) is 9.27. The molecule has 1 aliphatic rings. The minimum absolute atomic E-state index is 0.0330. The number of nitrogens with zero attached hydrogens (tertiary/aromatic N) is 1. The summed E-state index contributed by atoms with van der Waals surface area (Å²) in [6, 6.07) is 6.26. The molecule has 0 bridgehead atoms. The number of hydrogen-bond donors (Lipinski definition) is 2. The number of primary sulfonamides is 1. The molecule has 0 aromatic heterocycles. The first-order valence-electron chi connectivity index (χ1n) is 6.40. The van der Waals surface area contributed by atoms with E-state index in [9.17, 15) is 18.3 Å². The van der Waals surface area contributed by atoms with Crippen LogP contribution in [0.25, 0.3) is 0 Å². The predicted molar refractivity (Wildman–Crippen MR) is 75.1 cm³/mol. The molecule has 0 aliphatic carbocycles. The Labute approximate surface area is 118 Å². The summed E-state index contributed by atoms with van der Waals surface area (Å²) in [7, 11) is -3.89. The summed E-state index contributed by atoms with van der Waals surface area (Å²) in [6.07, 6.45) is 2.10. The maximum atomic E-state index is 11.7. The summed E-state index contributed by atoms with van der Waals surface area (Å²) in [5.41, 5.74) is -0.751. The van der Waals surface area contributed by atoms with E-state index in [1.807, 2.05) is 0 Å². The molecule has 1 heterocycles. The van der Waals surface area contributed by atoms with Gasteiger partial charge >= 0.3 is 5.97 Å². The molecule has 6 nitrogen and oxygen atoms in total. The zero-order valence-electron chi connectivity index (χ0n) is 11.2. The van der Waals surface area contributed by atoms with E-state index in [1.54, 1.807) is 30.0 Å². The number of benzene rings is 1. The van der Waals surface area contributed by atoms with E-state index in [4.69, 9.17) is 5.14 Å². The summed E-state index contributed by atoms with van der Waals surface area (Å²) in [5, 5.41) is 14.7. The van der Waals surface area contributed by atoms with Gasteiger partial charge in [0.05, 0.1) is 5.69 Å². The Morgan fingerprint density at radius 1 is 1.35 bits per heavy atom. The lowest BCUT2D eigenvalue weighted by Crippen LogP contribution is -2.55. The van der Waals surface area contributed by atoms with E-state index in [2.05, 4.69) is 0 Å². The lowest BCUT2D eigenvalue weighted by molar-refractivity contribution is -0.143. The Morgan fingerprint density at radius 2 is 2.00 bits per heavy atom. The first kappa shape index (κ1) is 14.8. The van der Waals surface area contributed by atoms with Gasteiger partial charge in [-0.2, -0.15) is 0 Å². The largest absolute Gasteiger partial charge is 0.480 e. The van der Waals surface area contributed by atoms with Gasteiger partial charge in [-0.3, -0.25) is 0 Å². The number of rotatable bonds is 3. The fourth-order valence-corrected chi connectivity index (χ4v) is 3.39. The molecule has 110 valence electrons. The van der Waals surface area contributed by atoms with Crippen molar-refractivity contribution in [1.82, 2.24) is 0 Å². The minimum atomic E-state index is -3.89. The van der Waals surface area contributed by atoms with Crippen LogP contribution in [0.1, 0.15) is 26.2 Å². The van der Waals surface area contributed by atoms with Gasteiger partial charge in [0.1, 0.15) is 10.4 Å². The van der Waals surface area contributed by atoms with Crippen LogP contribution in [0.3, 0.4) is 0 Å². The van der Waals surface area contributed by atoms with Gasteiger partial charge in [-0.05, 0) is 38.3 Å². The SMILES string of the molecule is CC1(C(=O)O)CCCCN1c1ccccc1S(N)(=O)=O. The highest BCUT2D eigenvalue weighted by Crippen LogP contribution is 2.36. The second-order valence-corrected chi connectivity index (χ2v) is 6.73. The number of nitrogens with two attached hydrogens (primary N) is 1. The third kappa shape index (κ3) is 2.51. The molecular weight excluding hydrogens is 280 g/mol. The molecule has 1 fully saturated rings. The van der Waals surface area contributed by atoms with Crippen molar-refractivity contribution in [2.24, 2.45) is 5.14 Å². The molecule has 7 heteroatoms. The van der Waals surface area contributed by atoms with E-state index in [-0.39, 0.29) is 4.90 Å². The Balaban J connectivity index is 2.58. The summed E-state index contributed by atoms with van der Waals surface area (Å²) in [4.78, 5) is 13.2. The molecule has 1 aliphatic heterocycles. The quantitative estimate of drug-likeness (QED) is 0.872. The summed E-state index contributed by atoms with van der Waals surface area (Å²) in [6.45, 7) is 2.11. The maximum absolute atomic E-state index is 11.7. The van der Waals surface area contributed by atoms with Crippen LogP contribution in [0.5, 0.6) is 0 Å². The van der Waals surface area contributed by atoms with Crippen molar-refractivity contribution in [2.75, 3.05) is 11.4 Å². The van der Waals surface area contributed by atoms with Crippen LogP contribution in [0.4, 0.5) is 5.69 Å². The predicted octanol–water partition coefficient (Wildman–Crippen LogP) is 1.17. The molecule has 1 aromatic carbocycles. The zero-order chi connectivity index (χ0) is 15.0. The van der Waals surface area contributed by atoms with E-state index in [1.165, 1.54) is 6.07 Å². The highest BCUT2D eigenvalue weighted by molar-refractivity contribution is 7.89. The third-order valence-electron chi connectivity index (χ3n) is 3.81. The van der Waals surface area contributed by atoms with Crippen LogP contribution in [0.2, 0.25) is 0 Å². The number of anilines is 1. The highest BCUT2D eigenvalue weighted by Gasteiger charge is 2.42. The Kier molecular flexibility index (Phi) is 3.75. The lowest BCUT2D eigenvalue weighted by Gasteiger charge is -2.43. The Morgan fingerprint density at radius 3 is 2.60 bits per heavy atom. The van der Waals surface area contributed by atoms with Gasteiger partial charge in [0.15, 0.2) is 0 Å². The van der Waals surface area contributed by atoms with Gasteiger partial charge < -0.3 is 10.0 Å². The van der Waals surface area contributed by atoms with Crippen LogP contribution in [-0.2, 0) is 14.8 Å². The fraction of sp³-hybridized carbons (Fsp3) is 0.462. The molecule has 0 amide bonds. The lowest BCUT2D eigenvalue weighted by atomic mass is 9.88. The van der Waals surface area contributed by atoms with Crippen molar-refractivity contribution >= 4 is 21.7 Å². The highest BCUT2D eigenvalue weighted by atomic mass is 32.2. The average Bonchev–Trinajstić information content (AvgIpc) is 2.38. The maximum Gasteiger partial charge on any atom is 0.329 e. The molecule has 0 saturated carbocycles. The standard InChI is InChI=1S/C13H18N2O4S/c1-13(12(16)17)8-4-5-9-15(13)10-6-2-3-7-11(10)20(14,18)19/h2-3,6-7H,4-5,8-9H2,1H3,(H,16,17)(H2,14,18,19). The van der Waals surface area contributed by atoms with Gasteiger partial charge in [-0.25, -0.2) is 18.4 Å². The van der Waals surface area contributed by atoms with Gasteiger partial charge in [0.25, 0.3) is 0 Å².